The molecule has 1 aromatic carbocycles. The Morgan fingerprint density at radius 3 is 2.79 bits per heavy atom. The second kappa shape index (κ2) is 5.92. The number of rotatable bonds is 5. The maximum absolute atomic E-state index is 12.3. The molecule has 0 aliphatic heterocycles. The molecule has 0 radical (unpaired) electrons. The molecule has 2 aromatic rings. The molecule has 0 aliphatic carbocycles. The monoisotopic (exact) mass is 316 g/mol. The Kier molecular flexibility index (Phi) is 4.46. The van der Waals surface area contributed by atoms with E-state index in [4.69, 9.17) is 11.6 Å². The maximum Gasteiger partial charge on any atom is 0.263 e. The molecule has 1 heterocycles. The van der Waals surface area contributed by atoms with Gasteiger partial charge in [0, 0.05) is 16.4 Å². The minimum atomic E-state index is -3.58. The normalized spacial score (nSPS) is 11.5. The number of thiophene rings is 1. The van der Waals surface area contributed by atoms with Gasteiger partial charge in [-0.3, -0.25) is 4.72 Å². The fourth-order valence-corrected chi connectivity index (χ4v) is 4.32. The molecular weight excluding hydrogens is 304 g/mol. The van der Waals surface area contributed by atoms with Crippen LogP contribution in [0.2, 0.25) is 5.02 Å². The summed E-state index contributed by atoms with van der Waals surface area (Å²) in [5.74, 6) is 0. The van der Waals surface area contributed by atoms with Crippen LogP contribution >= 0.6 is 22.9 Å². The van der Waals surface area contributed by atoms with Gasteiger partial charge in [0.25, 0.3) is 10.0 Å². The molecule has 19 heavy (non-hydrogen) atoms. The van der Waals surface area contributed by atoms with Gasteiger partial charge in [0.05, 0.1) is 5.69 Å². The highest BCUT2D eigenvalue weighted by molar-refractivity contribution is 7.93. The van der Waals surface area contributed by atoms with Crippen molar-refractivity contribution in [1.29, 1.82) is 0 Å². The van der Waals surface area contributed by atoms with Crippen LogP contribution in [0.5, 0.6) is 0 Å². The zero-order chi connectivity index (χ0) is 13.9. The molecule has 4 nitrogen and oxygen atoms in total. The zero-order valence-corrected chi connectivity index (χ0v) is 12.6. The number of hydrogen-bond donors (Lipinski definition) is 2. The van der Waals surface area contributed by atoms with Gasteiger partial charge in [-0.25, -0.2) is 8.42 Å². The molecule has 7 heteroatoms. The summed E-state index contributed by atoms with van der Waals surface area (Å²) in [6.07, 6.45) is 0. The lowest BCUT2D eigenvalue weighted by Crippen LogP contribution is -2.15. The molecule has 0 fully saturated rings. The predicted octanol–water partition coefficient (Wildman–Crippen LogP) is 2.92. The van der Waals surface area contributed by atoms with E-state index in [1.165, 1.54) is 11.3 Å². The standard InChI is InChI=1S/C12H13ClN2O2S2/c1-14-8-11-12(5-6-18-11)19(16,17)15-10-4-2-3-9(13)7-10/h2-7,14-15H,8H2,1H3. The third-order valence-corrected chi connectivity index (χ3v) is 5.16. The van der Waals surface area contributed by atoms with E-state index < -0.39 is 10.0 Å². The summed E-state index contributed by atoms with van der Waals surface area (Å²) in [7, 11) is -1.80. The largest absolute Gasteiger partial charge is 0.315 e. The summed E-state index contributed by atoms with van der Waals surface area (Å²) in [5, 5.41) is 5.20. The quantitative estimate of drug-likeness (QED) is 0.891. The Morgan fingerprint density at radius 2 is 2.11 bits per heavy atom. The van der Waals surface area contributed by atoms with Crippen molar-refractivity contribution in [2.45, 2.75) is 11.4 Å². The summed E-state index contributed by atoms with van der Waals surface area (Å²) in [5.41, 5.74) is 0.453. The van der Waals surface area contributed by atoms with E-state index >= 15 is 0 Å². The van der Waals surface area contributed by atoms with Gasteiger partial charge in [-0.05, 0) is 36.7 Å². The molecule has 1 aromatic heterocycles. The fraction of sp³-hybridized carbons (Fsp3) is 0.167. The van der Waals surface area contributed by atoms with E-state index in [-0.39, 0.29) is 0 Å². The minimum absolute atomic E-state index is 0.298. The lowest BCUT2D eigenvalue weighted by molar-refractivity contribution is 0.600. The third-order valence-electron chi connectivity index (χ3n) is 2.41. The Labute approximate surface area is 121 Å². The first-order valence-corrected chi connectivity index (χ1v) is 8.26. The fourth-order valence-electron chi connectivity index (χ4n) is 1.62. The third kappa shape index (κ3) is 3.48. The van der Waals surface area contributed by atoms with Crippen LogP contribution in [0.1, 0.15) is 4.88 Å². The van der Waals surface area contributed by atoms with Crippen molar-refractivity contribution in [1.82, 2.24) is 5.32 Å². The lowest BCUT2D eigenvalue weighted by Gasteiger charge is -2.09. The number of benzene rings is 1. The van der Waals surface area contributed by atoms with Crippen molar-refractivity contribution >= 4 is 38.6 Å². The topological polar surface area (TPSA) is 58.2 Å². The van der Waals surface area contributed by atoms with Gasteiger partial charge in [-0.1, -0.05) is 17.7 Å². The first kappa shape index (κ1) is 14.3. The molecule has 2 rings (SSSR count). The molecule has 102 valence electrons. The van der Waals surface area contributed by atoms with E-state index in [2.05, 4.69) is 10.0 Å². The summed E-state index contributed by atoms with van der Waals surface area (Å²) in [6.45, 7) is 0.517. The van der Waals surface area contributed by atoms with Crippen LogP contribution in [0, 0.1) is 0 Å². The van der Waals surface area contributed by atoms with Crippen molar-refractivity contribution in [2.75, 3.05) is 11.8 Å². The van der Waals surface area contributed by atoms with E-state index in [9.17, 15) is 8.42 Å². The number of sulfonamides is 1. The van der Waals surface area contributed by atoms with Crippen molar-refractivity contribution in [3.8, 4) is 0 Å². The first-order chi connectivity index (χ1) is 9.03. The van der Waals surface area contributed by atoms with Gasteiger partial charge < -0.3 is 5.32 Å². The number of anilines is 1. The molecular formula is C12H13ClN2O2S2. The second-order valence-corrected chi connectivity index (χ2v) is 6.94. The highest BCUT2D eigenvalue weighted by atomic mass is 35.5. The Hall–Kier alpha value is -1.08. The van der Waals surface area contributed by atoms with Crippen LogP contribution in [0.3, 0.4) is 0 Å². The van der Waals surface area contributed by atoms with E-state index in [0.717, 1.165) is 4.88 Å². The Bertz CT molecular complexity index is 668. The zero-order valence-electron chi connectivity index (χ0n) is 10.2. The minimum Gasteiger partial charge on any atom is -0.315 e. The summed E-state index contributed by atoms with van der Waals surface area (Å²) in [6, 6.07) is 8.22. The summed E-state index contributed by atoms with van der Waals surface area (Å²) < 4.78 is 27.1. The van der Waals surface area contributed by atoms with E-state index in [1.807, 2.05) is 0 Å². The lowest BCUT2D eigenvalue weighted by atomic mass is 10.3. The molecule has 0 bridgehead atoms. The SMILES string of the molecule is CNCc1sccc1S(=O)(=O)Nc1cccc(Cl)c1. The molecule has 0 spiro atoms. The van der Waals surface area contributed by atoms with Crippen LogP contribution < -0.4 is 10.0 Å². The van der Waals surface area contributed by atoms with Crippen molar-refractivity contribution in [3.63, 3.8) is 0 Å². The van der Waals surface area contributed by atoms with Crippen molar-refractivity contribution in [2.24, 2.45) is 0 Å². The molecule has 0 unspecified atom stereocenters. The summed E-state index contributed by atoms with van der Waals surface area (Å²) in [4.78, 5) is 1.07. The van der Waals surface area contributed by atoms with Crippen LogP contribution in [0.4, 0.5) is 5.69 Å². The van der Waals surface area contributed by atoms with Crippen molar-refractivity contribution < 1.29 is 8.42 Å². The average Bonchev–Trinajstić information content (AvgIpc) is 2.78. The van der Waals surface area contributed by atoms with Crippen LogP contribution in [-0.4, -0.2) is 15.5 Å². The molecule has 0 saturated carbocycles. The van der Waals surface area contributed by atoms with Gasteiger partial charge >= 0.3 is 0 Å². The predicted molar refractivity (Wildman–Crippen MR) is 79.3 cm³/mol. The van der Waals surface area contributed by atoms with E-state index in [0.29, 0.717) is 22.2 Å². The van der Waals surface area contributed by atoms with Gasteiger partial charge in [0.1, 0.15) is 4.90 Å². The number of halogens is 1. The van der Waals surface area contributed by atoms with Crippen LogP contribution in [0.25, 0.3) is 0 Å². The van der Waals surface area contributed by atoms with Gasteiger partial charge in [-0.15, -0.1) is 11.3 Å². The number of hydrogen-bond acceptors (Lipinski definition) is 4. The molecule has 2 N–H and O–H groups in total. The first-order valence-electron chi connectivity index (χ1n) is 5.52. The van der Waals surface area contributed by atoms with Crippen LogP contribution in [-0.2, 0) is 16.6 Å². The van der Waals surface area contributed by atoms with E-state index in [1.54, 1.807) is 42.8 Å². The van der Waals surface area contributed by atoms with Crippen molar-refractivity contribution in [3.05, 3.63) is 45.6 Å². The molecule has 0 amide bonds. The smallest absolute Gasteiger partial charge is 0.263 e. The van der Waals surface area contributed by atoms with Gasteiger partial charge in [0.15, 0.2) is 0 Å². The van der Waals surface area contributed by atoms with Gasteiger partial charge in [-0.2, -0.15) is 0 Å². The maximum atomic E-state index is 12.3. The Balaban J connectivity index is 2.30. The molecule has 0 atom stereocenters. The average molecular weight is 317 g/mol. The second-order valence-electron chi connectivity index (χ2n) is 3.85. The Morgan fingerprint density at radius 1 is 1.32 bits per heavy atom. The number of nitrogens with one attached hydrogen (secondary N) is 2. The highest BCUT2D eigenvalue weighted by Crippen LogP contribution is 2.25. The molecule has 0 saturated heterocycles. The van der Waals surface area contributed by atoms with Crippen LogP contribution in [0.15, 0.2) is 40.6 Å². The highest BCUT2D eigenvalue weighted by Gasteiger charge is 2.19. The summed E-state index contributed by atoms with van der Waals surface area (Å²) >= 11 is 7.24. The molecule has 0 aliphatic rings. The van der Waals surface area contributed by atoms with Gasteiger partial charge in [0.2, 0.25) is 0 Å².